The van der Waals surface area contributed by atoms with Crippen molar-refractivity contribution in [3.63, 3.8) is 0 Å². The van der Waals surface area contributed by atoms with Crippen LogP contribution in [0.5, 0.6) is 0 Å². The van der Waals surface area contributed by atoms with E-state index in [2.05, 4.69) is 46.4 Å². The van der Waals surface area contributed by atoms with E-state index in [9.17, 15) is 0 Å². The maximum atomic E-state index is 5.95. The average molecular weight is 288 g/mol. The van der Waals surface area contributed by atoms with Gasteiger partial charge in [0.15, 0.2) is 5.96 Å². The molecule has 1 aliphatic heterocycles. The van der Waals surface area contributed by atoms with Gasteiger partial charge < -0.3 is 16.0 Å². The second kappa shape index (κ2) is 8.67. The summed E-state index contributed by atoms with van der Waals surface area (Å²) >= 11 is 0. The van der Waals surface area contributed by atoms with Gasteiger partial charge in [-0.1, -0.05) is 37.3 Å². The Kier molecular flexibility index (Phi) is 6.54. The zero-order chi connectivity index (χ0) is 14.9. The normalized spacial score (nSPS) is 20.4. The highest BCUT2D eigenvalue weighted by molar-refractivity contribution is 5.77. The lowest BCUT2D eigenvalue weighted by atomic mass is 9.98. The smallest absolute Gasteiger partial charge is 0.188 e. The van der Waals surface area contributed by atoms with Crippen LogP contribution in [0.15, 0.2) is 35.3 Å². The van der Waals surface area contributed by atoms with Crippen molar-refractivity contribution in [1.82, 2.24) is 10.2 Å². The van der Waals surface area contributed by atoms with Crippen molar-refractivity contribution >= 4 is 5.96 Å². The van der Waals surface area contributed by atoms with Gasteiger partial charge in [0.2, 0.25) is 0 Å². The number of hydrogen-bond donors (Lipinski definition) is 2. The first kappa shape index (κ1) is 15.8. The van der Waals surface area contributed by atoms with Crippen LogP contribution in [0.4, 0.5) is 0 Å². The number of benzene rings is 1. The van der Waals surface area contributed by atoms with E-state index in [1.807, 2.05) is 6.07 Å². The molecule has 0 aliphatic carbocycles. The monoisotopic (exact) mass is 288 g/mol. The number of likely N-dealkylation sites (tertiary alicyclic amines) is 1. The summed E-state index contributed by atoms with van der Waals surface area (Å²) in [6.45, 7) is 7.46. The topological polar surface area (TPSA) is 53.6 Å². The Bertz CT molecular complexity index is 430. The van der Waals surface area contributed by atoms with Crippen molar-refractivity contribution in [3.05, 3.63) is 35.9 Å². The Hall–Kier alpha value is -1.55. The number of aliphatic imine (C=N–C) groups is 1. The largest absolute Gasteiger partial charge is 0.370 e. The number of guanidine groups is 1. The first-order chi connectivity index (χ1) is 10.3. The highest BCUT2D eigenvalue weighted by atomic mass is 15.1. The molecule has 3 N–H and O–H groups in total. The molecule has 21 heavy (non-hydrogen) atoms. The molecule has 2 rings (SSSR count). The standard InChI is InChI=1S/C17H28N4/c1-2-21-12-6-9-16(14-21)13-20-17(18)19-11-10-15-7-4-3-5-8-15/h3-5,7-8,16H,2,6,9-14H2,1H3,(H3,18,19,20). The third-order valence-corrected chi connectivity index (χ3v) is 4.13. The Labute approximate surface area is 128 Å². The number of rotatable bonds is 6. The molecule has 0 aromatic heterocycles. The van der Waals surface area contributed by atoms with E-state index in [1.165, 1.54) is 24.9 Å². The molecule has 1 unspecified atom stereocenters. The zero-order valence-corrected chi connectivity index (χ0v) is 13.1. The summed E-state index contributed by atoms with van der Waals surface area (Å²) in [5.74, 6) is 1.24. The second-order valence-electron chi connectivity index (χ2n) is 5.79. The lowest BCUT2D eigenvalue weighted by Gasteiger charge is -2.30. The molecule has 1 atom stereocenters. The molecular formula is C17H28N4. The predicted molar refractivity (Wildman–Crippen MR) is 89.5 cm³/mol. The molecule has 0 spiro atoms. The van der Waals surface area contributed by atoms with Crippen LogP contribution >= 0.6 is 0 Å². The van der Waals surface area contributed by atoms with Crippen LogP contribution in [0, 0.1) is 5.92 Å². The van der Waals surface area contributed by atoms with E-state index in [-0.39, 0.29) is 0 Å². The first-order valence-corrected chi connectivity index (χ1v) is 8.08. The van der Waals surface area contributed by atoms with Crippen molar-refractivity contribution in [3.8, 4) is 0 Å². The van der Waals surface area contributed by atoms with Crippen LogP contribution in [0.25, 0.3) is 0 Å². The molecule has 1 fully saturated rings. The van der Waals surface area contributed by atoms with Crippen LogP contribution in [0.1, 0.15) is 25.3 Å². The van der Waals surface area contributed by atoms with Gasteiger partial charge in [-0.25, -0.2) is 0 Å². The minimum atomic E-state index is 0.583. The van der Waals surface area contributed by atoms with Crippen molar-refractivity contribution in [2.45, 2.75) is 26.2 Å². The fourth-order valence-corrected chi connectivity index (χ4v) is 2.85. The number of piperidine rings is 1. The minimum Gasteiger partial charge on any atom is -0.370 e. The number of nitrogens with one attached hydrogen (secondary N) is 1. The van der Waals surface area contributed by atoms with Crippen molar-refractivity contribution in [1.29, 1.82) is 0 Å². The summed E-state index contributed by atoms with van der Waals surface area (Å²) in [7, 11) is 0. The molecule has 0 bridgehead atoms. The maximum Gasteiger partial charge on any atom is 0.188 e. The molecule has 1 aromatic rings. The van der Waals surface area contributed by atoms with Gasteiger partial charge in [-0.15, -0.1) is 0 Å². The third kappa shape index (κ3) is 5.76. The summed E-state index contributed by atoms with van der Waals surface area (Å²) in [6.07, 6.45) is 3.54. The highest BCUT2D eigenvalue weighted by Crippen LogP contribution is 2.16. The Morgan fingerprint density at radius 1 is 1.38 bits per heavy atom. The highest BCUT2D eigenvalue weighted by Gasteiger charge is 2.18. The van der Waals surface area contributed by atoms with Crippen molar-refractivity contribution < 1.29 is 0 Å². The average Bonchev–Trinajstić information content (AvgIpc) is 2.54. The Morgan fingerprint density at radius 3 is 2.95 bits per heavy atom. The fraction of sp³-hybridized carbons (Fsp3) is 0.588. The van der Waals surface area contributed by atoms with Gasteiger partial charge in [-0.2, -0.15) is 0 Å². The van der Waals surface area contributed by atoms with Crippen LogP contribution in [0.2, 0.25) is 0 Å². The van der Waals surface area contributed by atoms with Crippen LogP contribution in [-0.4, -0.2) is 43.6 Å². The molecule has 1 heterocycles. The quantitative estimate of drug-likeness (QED) is 0.620. The number of hydrogen-bond acceptors (Lipinski definition) is 2. The molecular weight excluding hydrogens is 260 g/mol. The van der Waals surface area contributed by atoms with Gasteiger partial charge in [0.25, 0.3) is 0 Å². The van der Waals surface area contributed by atoms with Crippen LogP contribution in [0.3, 0.4) is 0 Å². The molecule has 4 nitrogen and oxygen atoms in total. The van der Waals surface area contributed by atoms with Gasteiger partial charge in [0.05, 0.1) is 0 Å². The predicted octanol–water partition coefficient (Wildman–Crippen LogP) is 1.87. The van der Waals surface area contributed by atoms with E-state index < -0.39 is 0 Å². The van der Waals surface area contributed by atoms with Gasteiger partial charge in [-0.05, 0) is 43.8 Å². The molecule has 0 radical (unpaired) electrons. The van der Waals surface area contributed by atoms with Gasteiger partial charge >= 0.3 is 0 Å². The van der Waals surface area contributed by atoms with Crippen LogP contribution < -0.4 is 11.1 Å². The zero-order valence-electron chi connectivity index (χ0n) is 13.1. The van der Waals surface area contributed by atoms with Gasteiger partial charge in [-0.3, -0.25) is 4.99 Å². The minimum absolute atomic E-state index is 0.583. The van der Waals surface area contributed by atoms with E-state index in [4.69, 9.17) is 5.73 Å². The SMILES string of the molecule is CCN1CCCC(CN=C(N)NCCc2ccccc2)C1. The van der Waals surface area contributed by atoms with E-state index >= 15 is 0 Å². The van der Waals surface area contributed by atoms with Gasteiger partial charge in [0.1, 0.15) is 0 Å². The molecule has 0 amide bonds. The van der Waals surface area contributed by atoms with Crippen molar-refractivity contribution in [2.24, 2.45) is 16.6 Å². The molecule has 1 aliphatic rings. The lowest BCUT2D eigenvalue weighted by molar-refractivity contribution is 0.186. The fourth-order valence-electron chi connectivity index (χ4n) is 2.85. The van der Waals surface area contributed by atoms with Gasteiger partial charge in [0, 0.05) is 19.6 Å². The first-order valence-electron chi connectivity index (χ1n) is 8.08. The summed E-state index contributed by atoms with van der Waals surface area (Å²) < 4.78 is 0. The molecule has 0 saturated carbocycles. The Balaban J connectivity index is 1.67. The molecule has 1 aromatic carbocycles. The third-order valence-electron chi connectivity index (χ3n) is 4.13. The Morgan fingerprint density at radius 2 is 2.19 bits per heavy atom. The van der Waals surface area contributed by atoms with E-state index in [0.29, 0.717) is 11.9 Å². The second-order valence-corrected chi connectivity index (χ2v) is 5.79. The van der Waals surface area contributed by atoms with Crippen molar-refractivity contribution in [2.75, 3.05) is 32.7 Å². The number of nitrogens with zero attached hydrogens (tertiary/aromatic N) is 2. The summed E-state index contributed by atoms with van der Waals surface area (Å²) in [5, 5.41) is 3.21. The molecule has 1 saturated heterocycles. The summed E-state index contributed by atoms with van der Waals surface area (Å²) in [4.78, 5) is 7.01. The summed E-state index contributed by atoms with van der Waals surface area (Å²) in [5.41, 5.74) is 7.27. The van der Waals surface area contributed by atoms with Crippen LogP contribution in [-0.2, 0) is 6.42 Å². The molecule has 4 heteroatoms. The summed E-state index contributed by atoms with van der Waals surface area (Å²) in [6, 6.07) is 10.4. The van der Waals surface area contributed by atoms with E-state index in [0.717, 1.165) is 32.6 Å². The number of nitrogens with two attached hydrogens (primary N) is 1. The lowest BCUT2D eigenvalue weighted by Crippen LogP contribution is -2.38. The maximum absolute atomic E-state index is 5.95. The van der Waals surface area contributed by atoms with E-state index in [1.54, 1.807) is 0 Å². The molecule has 116 valence electrons.